The van der Waals surface area contributed by atoms with Gasteiger partial charge in [0, 0.05) is 22.6 Å². The van der Waals surface area contributed by atoms with Gasteiger partial charge in [0.1, 0.15) is 0 Å². The SMILES string of the molecule is Cc1ccc(CN[C@@H](C)c2ccc(Cl)cc2)c(Cl)c1. The average Bonchev–Trinajstić information content (AvgIpc) is 2.38. The Kier molecular flexibility index (Phi) is 4.87. The van der Waals surface area contributed by atoms with E-state index in [4.69, 9.17) is 23.2 Å². The molecule has 19 heavy (non-hydrogen) atoms. The second-order valence-corrected chi connectivity index (χ2v) is 5.59. The van der Waals surface area contributed by atoms with Gasteiger partial charge < -0.3 is 5.32 Å². The molecule has 3 heteroatoms. The summed E-state index contributed by atoms with van der Waals surface area (Å²) in [6.07, 6.45) is 0. The van der Waals surface area contributed by atoms with Crippen LogP contribution in [0.5, 0.6) is 0 Å². The zero-order valence-electron chi connectivity index (χ0n) is 11.1. The van der Waals surface area contributed by atoms with Gasteiger partial charge in [0.25, 0.3) is 0 Å². The van der Waals surface area contributed by atoms with E-state index in [1.54, 1.807) is 0 Å². The van der Waals surface area contributed by atoms with E-state index in [0.29, 0.717) is 0 Å². The van der Waals surface area contributed by atoms with Crippen molar-refractivity contribution in [2.24, 2.45) is 0 Å². The van der Waals surface area contributed by atoms with Crippen LogP contribution in [0.1, 0.15) is 29.7 Å². The number of hydrogen-bond donors (Lipinski definition) is 1. The topological polar surface area (TPSA) is 12.0 Å². The van der Waals surface area contributed by atoms with Gasteiger partial charge in [-0.2, -0.15) is 0 Å². The van der Waals surface area contributed by atoms with Gasteiger partial charge in [0.2, 0.25) is 0 Å². The molecule has 0 amide bonds. The Morgan fingerprint density at radius 2 is 1.74 bits per heavy atom. The molecule has 100 valence electrons. The maximum absolute atomic E-state index is 6.22. The highest BCUT2D eigenvalue weighted by Crippen LogP contribution is 2.20. The molecule has 0 fully saturated rings. The lowest BCUT2D eigenvalue weighted by Gasteiger charge is -2.15. The fraction of sp³-hybridized carbons (Fsp3) is 0.250. The third-order valence-electron chi connectivity index (χ3n) is 3.18. The van der Waals surface area contributed by atoms with Gasteiger partial charge in [-0.3, -0.25) is 0 Å². The van der Waals surface area contributed by atoms with Crippen molar-refractivity contribution in [3.8, 4) is 0 Å². The van der Waals surface area contributed by atoms with Crippen LogP contribution in [-0.4, -0.2) is 0 Å². The molecule has 0 aliphatic rings. The molecule has 0 radical (unpaired) electrons. The summed E-state index contributed by atoms with van der Waals surface area (Å²) in [5.41, 5.74) is 3.51. The number of halogens is 2. The molecule has 2 rings (SSSR count). The van der Waals surface area contributed by atoms with Gasteiger partial charge in [-0.15, -0.1) is 0 Å². The normalized spacial score (nSPS) is 12.4. The summed E-state index contributed by atoms with van der Waals surface area (Å²) in [5, 5.41) is 5.04. The number of benzene rings is 2. The summed E-state index contributed by atoms with van der Waals surface area (Å²) in [6, 6.07) is 14.3. The van der Waals surface area contributed by atoms with Crippen molar-refractivity contribution >= 4 is 23.2 Å². The first kappa shape index (κ1) is 14.4. The highest BCUT2D eigenvalue weighted by molar-refractivity contribution is 6.31. The molecule has 1 N–H and O–H groups in total. The van der Waals surface area contributed by atoms with E-state index in [2.05, 4.69) is 24.4 Å². The van der Waals surface area contributed by atoms with Crippen molar-refractivity contribution < 1.29 is 0 Å². The average molecular weight is 294 g/mol. The summed E-state index contributed by atoms with van der Waals surface area (Å²) in [5.74, 6) is 0. The van der Waals surface area contributed by atoms with Crippen LogP contribution >= 0.6 is 23.2 Å². The fourth-order valence-corrected chi connectivity index (χ4v) is 2.36. The molecule has 1 nitrogen and oxygen atoms in total. The Balaban J connectivity index is 2.00. The molecule has 0 saturated carbocycles. The van der Waals surface area contributed by atoms with E-state index in [1.807, 2.05) is 37.3 Å². The Hall–Kier alpha value is -1.02. The van der Waals surface area contributed by atoms with Crippen LogP contribution in [-0.2, 0) is 6.54 Å². The van der Waals surface area contributed by atoms with Crippen molar-refractivity contribution in [3.05, 3.63) is 69.2 Å². The molecule has 0 aromatic heterocycles. The minimum absolute atomic E-state index is 0.259. The summed E-state index contributed by atoms with van der Waals surface area (Å²) in [7, 11) is 0. The lowest BCUT2D eigenvalue weighted by atomic mass is 10.1. The molecule has 0 unspecified atom stereocenters. The van der Waals surface area contributed by atoms with E-state index < -0.39 is 0 Å². The Morgan fingerprint density at radius 3 is 2.37 bits per heavy atom. The van der Waals surface area contributed by atoms with E-state index in [1.165, 1.54) is 11.1 Å². The van der Waals surface area contributed by atoms with Crippen molar-refractivity contribution in [3.63, 3.8) is 0 Å². The zero-order valence-corrected chi connectivity index (χ0v) is 12.6. The first-order chi connectivity index (χ1) is 9.06. The third-order valence-corrected chi connectivity index (χ3v) is 3.78. The summed E-state index contributed by atoms with van der Waals surface area (Å²) in [6.45, 7) is 4.92. The second-order valence-electron chi connectivity index (χ2n) is 4.75. The van der Waals surface area contributed by atoms with Gasteiger partial charge in [0.15, 0.2) is 0 Å². The molecule has 2 aromatic carbocycles. The van der Waals surface area contributed by atoms with Crippen LogP contribution in [0.4, 0.5) is 0 Å². The van der Waals surface area contributed by atoms with Crippen LogP contribution < -0.4 is 5.32 Å². The third kappa shape index (κ3) is 3.97. The Labute approximate surface area is 124 Å². The van der Waals surface area contributed by atoms with Gasteiger partial charge in [-0.05, 0) is 48.7 Å². The minimum Gasteiger partial charge on any atom is -0.306 e. The van der Waals surface area contributed by atoms with E-state index in [9.17, 15) is 0 Å². The smallest absolute Gasteiger partial charge is 0.0453 e. The standard InChI is InChI=1S/C16H17Cl2N/c1-11-3-4-14(16(18)9-11)10-19-12(2)13-5-7-15(17)8-6-13/h3-9,12,19H,10H2,1-2H3/t12-/m0/s1. The van der Waals surface area contributed by atoms with Gasteiger partial charge >= 0.3 is 0 Å². The van der Waals surface area contributed by atoms with E-state index in [-0.39, 0.29) is 6.04 Å². The summed E-state index contributed by atoms with van der Waals surface area (Å²) in [4.78, 5) is 0. The van der Waals surface area contributed by atoms with E-state index in [0.717, 1.165) is 22.2 Å². The molecule has 1 atom stereocenters. The second kappa shape index (κ2) is 6.42. The van der Waals surface area contributed by atoms with Crippen LogP contribution in [0, 0.1) is 6.92 Å². The molecule has 0 saturated heterocycles. The van der Waals surface area contributed by atoms with Gasteiger partial charge in [-0.1, -0.05) is 47.5 Å². The maximum atomic E-state index is 6.22. The van der Waals surface area contributed by atoms with Crippen molar-refractivity contribution in [2.75, 3.05) is 0 Å². The van der Waals surface area contributed by atoms with Crippen LogP contribution in [0.3, 0.4) is 0 Å². The Bertz CT molecular complexity index is 549. The molecule has 2 aromatic rings. The molecule has 0 spiro atoms. The molecular weight excluding hydrogens is 277 g/mol. The van der Waals surface area contributed by atoms with Gasteiger partial charge in [-0.25, -0.2) is 0 Å². The maximum Gasteiger partial charge on any atom is 0.0453 e. The molecule has 0 bridgehead atoms. The molecule has 0 aliphatic heterocycles. The first-order valence-corrected chi connectivity index (χ1v) is 7.06. The molecule has 0 aliphatic carbocycles. The van der Waals surface area contributed by atoms with Crippen LogP contribution in [0.15, 0.2) is 42.5 Å². The van der Waals surface area contributed by atoms with Crippen LogP contribution in [0.25, 0.3) is 0 Å². The number of aryl methyl sites for hydroxylation is 1. The lowest BCUT2D eigenvalue weighted by Crippen LogP contribution is -2.18. The van der Waals surface area contributed by atoms with Gasteiger partial charge in [0.05, 0.1) is 0 Å². The first-order valence-electron chi connectivity index (χ1n) is 6.30. The number of nitrogens with one attached hydrogen (secondary N) is 1. The number of rotatable bonds is 4. The summed E-state index contributed by atoms with van der Waals surface area (Å²) >= 11 is 12.1. The van der Waals surface area contributed by atoms with Crippen molar-refractivity contribution in [1.82, 2.24) is 5.32 Å². The Morgan fingerprint density at radius 1 is 1.05 bits per heavy atom. The van der Waals surface area contributed by atoms with Crippen molar-refractivity contribution in [1.29, 1.82) is 0 Å². The quantitative estimate of drug-likeness (QED) is 0.822. The molecular formula is C16H17Cl2N. The number of hydrogen-bond acceptors (Lipinski definition) is 1. The fourth-order valence-electron chi connectivity index (χ4n) is 1.93. The largest absolute Gasteiger partial charge is 0.306 e. The zero-order chi connectivity index (χ0) is 13.8. The van der Waals surface area contributed by atoms with Crippen molar-refractivity contribution in [2.45, 2.75) is 26.4 Å². The predicted octanol–water partition coefficient (Wildman–Crippen LogP) is 5.15. The highest BCUT2D eigenvalue weighted by Gasteiger charge is 2.06. The van der Waals surface area contributed by atoms with Crippen LogP contribution in [0.2, 0.25) is 10.0 Å². The van der Waals surface area contributed by atoms with E-state index >= 15 is 0 Å². The highest BCUT2D eigenvalue weighted by atomic mass is 35.5. The summed E-state index contributed by atoms with van der Waals surface area (Å²) < 4.78 is 0. The monoisotopic (exact) mass is 293 g/mol. The molecule has 0 heterocycles. The minimum atomic E-state index is 0.259. The lowest BCUT2D eigenvalue weighted by molar-refractivity contribution is 0.575. The predicted molar refractivity (Wildman–Crippen MR) is 82.9 cm³/mol.